The van der Waals surface area contributed by atoms with E-state index in [-0.39, 0.29) is 0 Å². The standard InChI is InChI=1S/C12H25N/c1-10(2)7-11(3)8-12(9-13)5-4-6-12/h10-11H,4-9,13H2,1-3H3. The molecule has 0 saturated heterocycles. The van der Waals surface area contributed by atoms with Crippen LogP contribution in [0.4, 0.5) is 0 Å². The smallest absolute Gasteiger partial charge is 0.00204 e. The van der Waals surface area contributed by atoms with Crippen LogP contribution >= 0.6 is 0 Å². The van der Waals surface area contributed by atoms with Crippen molar-refractivity contribution in [3.05, 3.63) is 0 Å². The number of rotatable bonds is 5. The lowest BCUT2D eigenvalue weighted by molar-refractivity contribution is 0.101. The molecule has 0 bridgehead atoms. The molecule has 1 fully saturated rings. The second kappa shape index (κ2) is 4.45. The molecule has 1 nitrogen and oxygen atoms in total. The Balaban J connectivity index is 2.29. The summed E-state index contributed by atoms with van der Waals surface area (Å²) in [7, 11) is 0. The van der Waals surface area contributed by atoms with Crippen LogP contribution in [0.15, 0.2) is 0 Å². The van der Waals surface area contributed by atoms with Crippen LogP contribution in [-0.2, 0) is 0 Å². The van der Waals surface area contributed by atoms with Gasteiger partial charge >= 0.3 is 0 Å². The SMILES string of the molecule is CC(C)CC(C)CC1(CN)CCC1. The van der Waals surface area contributed by atoms with Crippen molar-refractivity contribution in [2.45, 2.75) is 52.9 Å². The molecule has 0 aliphatic heterocycles. The van der Waals surface area contributed by atoms with Gasteiger partial charge in [0.1, 0.15) is 0 Å². The summed E-state index contributed by atoms with van der Waals surface area (Å²) >= 11 is 0. The van der Waals surface area contributed by atoms with Crippen molar-refractivity contribution in [3.63, 3.8) is 0 Å². The normalized spacial score (nSPS) is 22.8. The highest BCUT2D eigenvalue weighted by molar-refractivity contribution is 4.89. The summed E-state index contributed by atoms with van der Waals surface area (Å²) in [5.74, 6) is 1.70. The van der Waals surface area contributed by atoms with Crippen LogP contribution in [0.3, 0.4) is 0 Å². The minimum absolute atomic E-state index is 0.550. The molecule has 1 atom stereocenters. The molecular weight excluding hydrogens is 158 g/mol. The Morgan fingerprint density at radius 1 is 1.23 bits per heavy atom. The van der Waals surface area contributed by atoms with E-state index in [4.69, 9.17) is 5.73 Å². The number of hydrogen-bond donors (Lipinski definition) is 1. The van der Waals surface area contributed by atoms with Crippen LogP contribution in [-0.4, -0.2) is 6.54 Å². The van der Waals surface area contributed by atoms with E-state index in [1.165, 1.54) is 32.1 Å². The Bertz CT molecular complexity index is 142. The van der Waals surface area contributed by atoms with E-state index in [9.17, 15) is 0 Å². The van der Waals surface area contributed by atoms with E-state index in [1.807, 2.05) is 0 Å². The van der Waals surface area contributed by atoms with Gasteiger partial charge in [-0.3, -0.25) is 0 Å². The highest BCUT2D eigenvalue weighted by Crippen LogP contribution is 2.45. The molecule has 0 aromatic carbocycles. The fourth-order valence-corrected chi connectivity index (χ4v) is 2.80. The monoisotopic (exact) mass is 183 g/mol. The summed E-state index contributed by atoms with van der Waals surface area (Å²) < 4.78 is 0. The van der Waals surface area contributed by atoms with Crippen LogP contribution in [0, 0.1) is 17.3 Å². The molecular formula is C12H25N. The van der Waals surface area contributed by atoms with Gasteiger partial charge in [-0.05, 0) is 49.5 Å². The van der Waals surface area contributed by atoms with E-state index >= 15 is 0 Å². The van der Waals surface area contributed by atoms with Gasteiger partial charge in [-0.2, -0.15) is 0 Å². The van der Waals surface area contributed by atoms with Crippen molar-refractivity contribution in [1.82, 2.24) is 0 Å². The predicted octanol–water partition coefficient (Wildman–Crippen LogP) is 3.19. The average molecular weight is 183 g/mol. The third kappa shape index (κ3) is 2.98. The zero-order valence-electron chi connectivity index (χ0n) is 9.47. The zero-order chi connectivity index (χ0) is 9.90. The first-order valence-electron chi connectivity index (χ1n) is 5.78. The number of nitrogens with two attached hydrogens (primary N) is 1. The molecule has 78 valence electrons. The highest BCUT2D eigenvalue weighted by atomic mass is 14.6. The Hall–Kier alpha value is -0.0400. The molecule has 1 aliphatic rings. The molecule has 0 aromatic heterocycles. The third-order valence-electron chi connectivity index (χ3n) is 3.50. The maximum atomic E-state index is 5.85. The highest BCUT2D eigenvalue weighted by Gasteiger charge is 2.36. The predicted molar refractivity (Wildman–Crippen MR) is 58.6 cm³/mol. The second-order valence-electron chi connectivity index (χ2n) is 5.50. The molecule has 1 rings (SSSR count). The van der Waals surface area contributed by atoms with Crippen LogP contribution < -0.4 is 5.73 Å². The van der Waals surface area contributed by atoms with Crippen molar-refractivity contribution in [2.75, 3.05) is 6.54 Å². The molecule has 0 heterocycles. The summed E-state index contributed by atoms with van der Waals surface area (Å²) in [5, 5.41) is 0. The Morgan fingerprint density at radius 2 is 1.85 bits per heavy atom. The lowest BCUT2D eigenvalue weighted by atomic mass is 9.64. The molecule has 0 spiro atoms. The summed E-state index contributed by atoms with van der Waals surface area (Å²) in [6.45, 7) is 7.92. The van der Waals surface area contributed by atoms with Crippen molar-refractivity contribution in [3.8, 4) is 0 Å². The molecule has 1 unspecified atom stereocenters. The first kappa shape index (κ1) is 11.0. The molecule has 0 radical (unpaired) electrons. The van der Waals surface area contributed by atoms with Crippen molar-refractivity contribution >= 4 is 0 Å². The lowest BCUT2D eigenvalue weighted by Gasteiger charge is -2.43. The van der Waals surface area contributed by atoms with Gasteiger partial charge in [-0.15, -0.1) is 0 Å². The van der Waals surface area contributed by atoms with Gasteiger partial charge in [-0.1, -0.05) is 27.2 Å². The van der Waals surface area contributed by atoms with Gasteiger partial charge in [0, 0.05) is 0 Å². The maximum Gasteiger partial charge on any atom is -0.00204 e. The lowest BCUT2D eigenvalue weighted by Crippen LogP contribution is -2.38. The third-order valence-corrected chi connectivity index (χ3v) is 3.50. The van der Waals surface area contributed by atoms with Gasteiger partial charge in [0.25, 0.3) is 0 Å². The Kier molecular flexibility index (Phi) is 3.78. The van der Waals surface area contributed by atoms with Gasteiger partial charge < -0.3 is 5.73 Å². The second-order valence-corrected chi connectivity index (χ2v) is 5.50. The van der Waals surface area contributed by atoms with Crippen molar-refractivity contribution < 1.29 is 0 Å². The summed E-state index contributed by atoms with van der Waals surface area (Å²) in [4.78, 5) is 0. The van der Waals surface area contributed by atoms with E-state index in [0.29, 0.717) is 5.41 Å². The Labute approximate surface area is 83.1 Å². The fraction of sp³-hybridized carbons (Fsp3) is 1.00. The molecule has 13 heavy (non-hydrogen) atoms. The van der Waals surface area contributed by atoms with Crippen molar-refractivity contribution in [2.24, 2.45) is 23.0 Å². The Morgan fingerprint density at radius 3 is 2.15 bits per heavy atom. The van der Waals surface area contributed by atoms with Crippen LogP contribution in [0.1, 0.15) is 52.9 Å². The molecule has 1 heteroatoms. The first-order chi connectivity index (χ1) is 6.08. The van der Waals surface area contributed by atoms with Crippen LogP contribution in [0.5, 0.6) is 0 Å². The number of hydrogen-bond acceptors (Lipinski definition) is 1. The largest absolute Gasteiger partial charge is 0.330 e. The topological polar surface area (TPSA) is 26.0 Å². The van der Waals surface area contributed by atoms with E-state index < -0.39 is 0 Å². The van der Waals surface area contributed by atoms with E-state index in [2.05, 4.69) is 20.8 Å². The van der Waals surface area contributed by atoms with Gasteiger partial charge in [0.05, 0.1) is 0 Å². The summed E-state index contributed by atoms with van der Waals surface area (Å²) in [5.41, 5.74) is 6.40. The fourth-order valence-electron chi connectivity index (χ4n) is 2.80. The van der Waals surface area contributed by atoms with Gasteiger partial charge in [-0.25, -0.2) is 0 Å². The van der Waals surface area contributed by atoms with Crippen molar-refractivity contribution in [1.29, 1.82) is 0 Å². The summed E-state index contributed by atoms with van der Waals surface area (Å²) in [6.07, 6.45) is 6.90. The van der Waals surface area contributed by atoms with Crippen LogP contribution in [0.25, 0.3) is 0 Å². The molecule has 0 amide bonds. The van der Waals surface area contributed by atoms with E-state index in [1.54, 1.807) is 0 Å². The maximum absolute atomic E-state index is 5.85. The first-order valence-corrected chi connectivity index (χ1v) is 5.78. The molecule has 0 aromatic rings. The van der Waals surface area contributed by atoms with E-state index in [0.717, 1.165) is 18.4 Å². The quantitative estimate of drug-likeness (QED) is 0.696. The zero-order valence-corrected chi connectivity index (χ0v) is 9.47. The molecule has 1 saturated carbocycles. The molecule has 1 aliphatic carbocycles. The average Bonchev–Trinajstić information content (AvgIpc) is 1.95. The van der Waals surface area contributed by atoms with Crippen LogP contribution in [0.2, 0.25) is 0 Å². The summed E-state index contributed by atoms with van der Waals surface area (Å²) in [6, 6.07) is 0. The van der Waals surface area contributed by atoms with Gasteiger partial charge in [0.15, 0.2) is 0 Å². The molecule has 2 N–H and O–H groups in total. The minimum Gasteiger partial charge on any atom is -0.330 e. The minimum atomic E-state index is 0.550. The van der Waals surface area contributed by atoms with Gasteiger partial charge in [0.2, 0.25) is 0 Å².